The van der Waals surface area contributed by atoms with E-state index in [1.807, 2.05) is 0 Å². The van der Waals surface area contributed by atoms with Crippen LogP contribution in [-0.4, -0.2) is 12.2 Å². The van der Waals surface area contributed by atoms with Gasteiger partial charge in [-0.25, -0.2) is 8.78 Å². The van der Waals surface area contributed by atoms with Crippen LogP contribution in [0.5, 0.6) is 5.75 Å². The fraction of sp³-hybridized carbons (Fsp3) is 0.143. The molecule has 3 N–H and O–H groups in total. The summed E-state index contributed by atoms with van der Waals surface area (Å²) >= 11 is 0. The molecule has 1 atom stereocenters. The van der Waals surface area contributed by atoms with Crippen LogP contribution in [0.25, 0.3) is 0 Å². The summed E-state index contributed by atoms with van der Waals surface area (Å²) in [6.45, 7) is 0. The highest BCUT2D eigenvalue weighted by atomic mass is 19.1. The first-order valence-electron chi connectivity index (χ1n) is 5.59. The van der Waals surface area contributed by atoms with Gasteiger partial charge in [0, 0.05) is 11.6 Å². The second-order valence-electron chi connectivity index (χ2n) is 4.07. The summed E-state index contributed by atoms with van der Waals surface area (Å²) in [7, 11) is 1.45. The van der Waals surface area contributed by atoms with Crippen LogP contribution in [0, 0.1) is 11.6 Å². The minimum absolute atomic E-state index is 0.0949. The molecular weight excluding hydrogens is 252 g/mol. The molecule has 19 heavy (non-hydrogen) atoms. The van der Waals surface area contributed by atoms with Gasteiger partial charge in [0.2, 0.25) is 0 Å². The Labute approximate surface area is 109 Å². The van der Waals surface area contributed by atoms with Crippen molar-refractivity contribution in [3.05, 3.63) is 59.2 Å². The maximum Gasteiger partial charge on any atom is 0.142 e. The summed E-state index contributed by atoms with van der Waals surface area (Å²) in [5.74, 6) is -1.11. The Morgan fingerprint density at radius 3 is 2.37 bits per heavy atom. The zero-order valence-corrected chi connectivity index (χ0v) is 10.2. The van der Waals surface area contributed by atoms with Crippen molar-refractivity contribution < 1.29 is 18.6 Å². The number of anilines is 1. The first kappa shape index (κ1) is 13.3. The van der Waals surface area contributed by atoms with Crippen LogP contribution in [0.4, 0.5) is 14.5 Å². The standard InChI is InChI=1S/C14H13F2NO2/c1-19-12-4-2-3-11(13(12)17)14(18)8-5-9(15)7-10(16)6-8/h2-7,14,18H,17H2,1H3. The molecule has 0 aliphatic carbocycles. The van der Waals surface area contributed by atoms with Crippen LogP contribution in [-0.2, 0) is 0 Å². The van der Waals surface area contributed by atoms with E-state index >= 15 is 0 Å². The van der Waals surface area contributed by atoms with Crippen molar-refractivity contribution in [3.8, 4) is 5.75 Å². The predicted octanol–water partition coefficient (Wildman–Crippen LogP) is 2.64. The molecule has 0 aliphatic rings. The number of rotatable bonds is 3. The molecule has 0 saturated carbocycles. The Morgan fingerprint density at radius 1 is 1.16 bits per heavy atom. The maximum absolute atomic E-state index is 13.1. The Morgan fingerprint density at radius 2 is 1.79 bits per heavy atom. The van der Waals surface area contributed by atoms with Crippen LogP contribution in [0.2, 0.25) is 0 Å². The van der Waals surface area contributed by atoms with Gasteiger partial charge in [-0.05, 0) is 23.8 Å². The molecule has 0 aromatic heterocycles. The van der Waals surface area contributed by atoms with E-state index in [1.165, 1.54) is 7.11 Å². The van der Waals surface area contributed by atoms with Gasteiger partial charge in [-0.3, -0.25) is 0 Å². The van der Waals surface area contributed by atoms with Crippen molar-refractivity contribution in [3.63, 3.8) is 0 Å². The molecule has 0 amide bonds. The van der Waals surface area contributed by atoms with Gasteiger partial charge in [-0.1, -0.05) is 12.1 Å². The van der Waals surface area contributed by atoms with Gasteiger partial charge in [-0.2, -0.15) is 0 Å². The normalized spacial score (nSPS) is 12.2. The van der Waals surface area contributed by atoms with Crippen molar-refractivity contribution in [1.29, 1.82) is 0 Å². The van der Waals surface area contributed by atoms with Gasteiger partial charge < -0.3 is 15.6 Å². The summed E-state index contributed by atoms with van der Waals surface area (Å²) < 4.78 is 31.3. The van der Waals surface area contributed by atoms with E-state index in [1.54, 1.807) is 18.2 Å². The molecule has 1 unspecified atom stereocenters. The fourth-order valence-corrected chi connectivity index (χ4v) is 1.89. The lowest BCUT2D eigenvalue weighted by Crippen LogP contribution is -2.06. The fourth-order valence-electron chi connectivity index (χ4n) is 1.89. The lowest BCUT2D eigenvalue weighted by molar-refractivity contribution is 0.219. The van der Waals surface area contributed by atoms with Crippen LogP contribution in [0.3, 0.4) is 0 Å². The first-order chi connectivity index (χ1) is 9.02. The number of para-hydroxylation sites is 1. The molecule has 2 aromatic rings. The van der Waals surface area contributed by atoms with E-state index < -0.39 is 17.7 Å². The van der Waals surface area contributed by atoms with Crippen LogP contribution in [0.15, 0.2) is 36.4 Å². The Balaban J connectivity index is 2.46. The number of nitrogens with two attached hydrogens (primary N) is 1. The smallest absolute Gasteiger partial charge is 0.142 e. The molecule has 0 saturated heterocycles. The highest BCUT2D eigenvalue weighted by Crippen LogP contribution is 2.33. The molecule has 0 bridgehead atoms. The number of halogens is 2. The number of hydrogen-bond donors (Lipinski definition) is 2. The molecule has 2 aromatic carbocycles. The summed E-state index contributed by atoms with van der Waals surface area (Å²) in [5.41, 5.74) is 6.51. The van der Waals surface area contributed by atoms with Gasteiger partial charge >= 0.3 is 0 Å². The molecule has 0 radical (unpaired) electrons. The first-order valence-corrected chi connectivity index (χ1v) is 5.59. The second-order valence-corrected chi connectivity index (χ2v) is 4.07. The Hall–Kier alpha value is -2.14. The molecule has 0 fully saturated rings. The third-order valence-corrected chi connectivity index (χ3v) is 2.81. The van der Waals surface area contributed by atoms with E-state index in [9.17, 15) is 13.9 Å². The molecule has 0 aliphatic heterocycles. The average molecular weight is 265 g/mol. The number of ether oxygens (including phenoxy) is 1. The van der Waals surface area contributed by atoms with Gasteiger partial charge in [0.15, 0.2) is 0 Å². The van der Waals surface area contributed by atoms with Gasteiger partial charge in [0.05, 0.1) is 12.8 Å². The van der Waals surface area contributed by atoms with Crippen molar-refractivity contribution in [2.24, 2.45) is 0 Å². The number of nitrogen functional groups attached to an aromatic ring is 1. The molecule has 0 spiro atoms. The van der Waals surface area contributed by atoms with Gasteiger partial charge in [-0.15, -0.1) is 0 Å². The zero-order valence-electron chi connectivity index (χ0n) is 10.2. The van der Waals surface area contributed by atoms with Crippen molar-refractivity contribution >= 4 is 5.69 Å². The maximum atomic E-state index is 13.1. The molecule has 100 valence electrons. The minimum atomic E-state index is -1.22. The lowest BCUT2D eigenvalue weighted by Gasteiger charge is -2.16. The Bertz CT molecular complexity index is 582. The quantitative estimate of drug-likeness (QED) is 0.839. The van der Waals surface area contributed by atoms with E-state index in [4.69, 9.17) is 10.5 Å². The molecular formula is C14H13F2NO2. The highest BCUT2D eigenvalue weighted by Gasteiger charge is 2.17. The third-order valence-electron chi connectivity index (χ3n) is 2.81. The summed E-state index contributed by atoms with van der Waals surface area (Å²) in [4.78, 5) is 0. The third kappa shape index (κ3) is 2.66. The van der Waals surface area contributed by atoms with Crippen LogP contribution in [0.1, 0.15) is 17.2 Å². The molecule has 3 nitrogen and oxygen atoms in total. The van der Waals surface area contributed by atoms with E-state index in [0.29, 0.717) is 11.3 Å². The molecule has 5 heteroatoms. The zero-order chi connectivity index (χ0) is 14.0. The number of aliphatic hydroxyl groups excluding tert-OH is 1. The molecule has 2 rings (SSSR count). The van der Waals surface area contributed by atoms with E-state index in [2.05, 4.69) is 0 Å². The largest absolute Gasteiger partial charge is 0.495 e. The number of benzene rings is 2. The SMILES string of the molecule is COc1cccc(C(O)c2cc(F)cc(F)c2)c1N. The Kier molecular flexibility index (Phi) is 3.66. The van der Waals surface area contributed by atoms with Crippen LogP contribution >= 0.6 is 0 Å². The van der Waals surface area contributed by atoms with E-state index in [-0.39, 0.29) is 11.3 Å². The summed E-state index contributed by atoms with van der Waals surface area (Å²) in [6, 6.07) is 7.72. The monoisotopic (exact) mass is 265 g/mol. The van der Waals surface area contributed by atoms with Gasteiger partial charge in [0.1, 0.15) is 23.5 Å². The number of methoxy groups -OCH3 is 1. The molecule has 0 heterocycles. The average Bonchev–Trinajstić information content (AvgIpc) is 2.37. The number of aliphatic hydroxyl groups is 1. The topological polar surface area (TPSA) is 55.5 Å². The van der Waals surface area contributed by atoms with Crippen LogP contribution < -0.4 is 10.5 Å². The predicted molar refractivity (Wildman–Crippen MR) is 67.8 cm³/mol. The highest BCUT2D eigenvalue weighted by molar-refractivity contribution is 5.60. The summed E-state index contributed by atoms with van der Waals surface area (Å²) in [5, 5.41) is 10.2. The number of hydrogen-bond acceptors (Lipinski definition) is 3. The van der Waals surface area contributed by atoms with Crippen molar-refractivity contribution in [1.82, 2.24) is 0 Å². The van der Waals surface area contributed by atoms with Crippen molar-refractivity contribution in [2.45, 2.75) is 6.10 Å². The van der Waals surface area contributed by atoms with E-state index in [0.717, 1.165) is 18.2 Å². The summed E-state index contributed by atoms with van der Waals surface area (Å²) in [6.07, 6.45) is -1.22. The second kappa shape index (κ2) is 5.24. The van der Waals surface area contributed by atoms with Gasteiger partial charge in [0.25, 0.3) is 0 Å². The van der Waals surface area contributed by atoms with Crippen molar-refractivity contribution in [2.75, 3.05) is 12.8 Å². The minimum Gasteiger partial charge on any atom is -0.495 e. The lowest BCUT2D eigenvalue weighted by atomic mass is 9.99.